The van der Waals surface area contributed by atoms with Gasteiger partial charge in [-0.1, -0.05) is 13.8 Å². The highest BCUT2D eigenvalue weighted by molar-refractivity contribution is 7.07. The maximum absolute atomic E-state index is 11.2. The number of hydrogen-bond donors (Lipinski definition) is 2. The van der Waals surface area contributed by atoms with Crippen LogP contribution in [0.15, 0.2) is 16.8 Å². The van der Waals surface area contributed by atoms with Crippen molar-refractivity contribution in [1.82, 2.24) is 5.32 Å². The minimum atomic E-state index is -0.754. The van der Waals surface area contributed by atoms with Crippen molar-refractivity contribution in [2.75, 3.05) is 6.54 Å². The summed E-state index contributed by atoms with van der Waals surface area (Å²) in [5, 5.41) is 16.5. The maximum atomic E-state index is 11.2. The standard InChI is InChI=1S/C12H19NO2S/c1-3-12(4-2,11(14)15)13-7-5-10-6-8-16-9-10/h6,8-9,13H,3-5,7H2,1-2H3,(H,14,15). The summed E-state index contributed by atoms with van der Waals surface area (Å²) in [7, 11) is 0. The molecule has 0 fully saturated rings. The molecule has 0 bridgehead atoms. The van der Waals surface area contributed by atoms with Gasteiger partial charge in [-0.2, -0.15) is 11.3 Å². The number of hydrogen-bond acceptors (Lipinski definition) is 3. The van der Waals surface area contributed by atoms with Crippen molar-refractivity contribution in [3.8, 4) is 0 Å². The van der Waals surface area contributed by atoms with Crippen LogP contribution in [0.25, 0.3) is 0 Å². The SMILES string of the molecule is CCC(CC)(NCCc1ccsc1)C(=O)O. The second kappa shape index (κ2) is 6.01. The summed E-state index contributed by atoms with van der Waals surface area (Å²) in [6, 6.07) is 2.08. The minimum Gasteiger partial charge on any atom is -0.480 e. The third-order valence-electron chi connectivity index (χ3n) is 3.07. The normalized spacial score (nSPS) is 11.6. The molecule has 90 valence electrons. The molecule has 1 rings (SSSR count). The Morgan fingerprint density at radius 3 is 2.62 bits per heavy atom. The zero-order valence-electron chi connectivity index (χ0n) is 9.82. The van der Waals surface area contributed by atoms with Gasteiger partial charge in [-0.05, 0) is 41.7 Å². The third kappa shape index (κ3) is 3.06. The van der Waals surface area contributed by atoms with Crippen LogP contribution in [0.2, 0.25) is 0 Å². The fourth-order valence-corrected chi connectivity index (χ4v) is 2.46. The van der Waals surface area contributed by atoms with Gasteiger partial charge < -0.3 is 10.4 Å². The van der Waals surface area contributed by atoms with E-state index >= 15 is 0 Å². The molecule has 16 heavy (non-hydrogen) atoms. The molecule has 0 unspecified atom stereocenters. The van der Waals surface area contributed by atoms with Gasteiger partial charge in [0.15, 0.2) is 0 Å². The van der Waals surface area contributed by atoms with Gasteiger partial charge in [-0.15, -0.1) is 0 Å². The Kier molecular flexibility index (Phi) is 4.96. The monoisotopic (exact) mass is 241 g/mol. The number of carboxylic acid groups (broad SMARTS) is 1. The molecular formula is C12H19NO2S. The van der Waals surface area contributed by atoms with Gasteiger partial charge in [-0.3, -0.25) is 4.79 Å². The second-order valence-electron chi connectivity index (χ2n) is 3.90. The van der Waals surface area contributed by atoms with E-state index in [-0.39, 0.29) is 0 Å². The highest BCUT2D eigenvalue weighted by Crippen LogP contribution is 2.15. The van der Waals surface area contributed by atoms with Crippen molar-refractivity contribution in [1.29, 1.82) is 0 Å². The lowest BCUT2D eigenvalue weighted by atomic mass is 9.93. The molecule has 0 aliphatic heterocycles. The van der Waals surface area contributed by atoms with Crippen LogP contribution in [0.1, 0.15) is 32.3 Å². The van der Waals surface area contributed by atoms with E-state index < -0.39 is 11.5 Å². The first-order valence-corrected chi connectivity index (χ1v) is 6.58. The lowest BCUT2D eigenvalue weighted by molar-refractivity contribution is -0.145. The minimum absolute atomic E-state index is 0.614. The van der Waals surface area contributed by atoms with E-state index in [1.54, 1.807) is 11.3 Å². The molecule has 0 radical (unpaired) electrons. The summed E-state index contributed by atoms with van der Waals surface area (Å²) in [5.41, 5.74) is 0.514. The molecular weight excluding hydrogens is 222 g/mol. The number of carboxylic acids is 1. The van der Waals surface area contributed by atoms with E-state index in [1.807, 2.05) is 19.2 Å². The Labute approximate surface area is 100 Å². The van der Waals surface area contributed by atoms with E-state index in [0.717, 1.165) is 6.42 Å². The second-order valence-corrected chi connectivity index (χ2v) is 4.68. The number of rotatable bonds is 7. The van der Waals surface area contributed by atoms with Crippen molar-refractivity contribution in [2.24, 2.45) is 0 Å². The summed E-state index contributed by atoms with van der Waals surface area (Å²) in [5.74, 6) is -0.747. The van der Waals surface area contributed by atoms with Gasteiger partial charge in [0.05, 0.1) is 0 Å². The summed E-state index contributed by atoms with van der Waals surface area (Å²) < 4.78 is 0. The maximum Gasteiger partial charge on any atom is 0.323 e. The van der Waals surface area contributed by atoms with Gasteiger partial charge >= 0.3 is 5.97 Å². The van der Waals surface area contributed by atoms with Gasteiger partial charge in [0, 0.05) is 6.54 Å². The van der Waals surface area contributed by atoms with Crippen molar-refractivity contribution < 1.29 is 9.90 Å². The molecule has 3 nitrogen and oxygen atoms in total. The smallest absolute Gasteiger partial charge is 0.323 e. The molecule has 0 saturated heterocycles. The summed E-state index contributed by atoms with van der Waals surface area (Å²) in [6.45, 7) is 4.54. The zero-order valence-corrected chi connectivity index (χ0v) is 10.6. The summed E-state index contributed by atoms with van der Waals surface area (Å²) in [4.78, 5) is 11.2. The highest BCUT2D eigenvalue weighted by Gasteiger charge is 2.33. The van der Waals surface area contributed by atoms with E-state index in [1.165, 1.54) is 5.56 Å². The Morgan fingerprint density at radius 2 is 2.19 bits per heavy atom. The van der Waals surface area contributed by atoms with Crippen LogP contribution >= 0.6 is 11.3 Å². The van der Waals surface area contributed by atoms with Crippen LogP contribution in [0.4, 0.5) is 0 Å². The van der Waals surface area contributed by atoms with Crippen molar-refractivity contribution in [3.05, 3.63) is 22.4 Å². The molecule has 0 amide bonds. The molecule has 0 aliphatic rings. The average Bonchev–Trinajstić information content (AvgIpc) is 2.77. The number of aliphatic carboxylic acids is 1. The molecule has 1 aromatic heterocycles. The molecule has 0 atom stereocenters. The van der Waals surface area contributed by atoms with Crippen LogP contribution in [0, 0.1) is 0 Å². The van der Waals surface area contributed by atoms with Gasteiger partial charge in [0.25, 0.3) is 0 Å². The Balaban J connectivity index is 2.47. The van der Waals surface area contributed by atoms with Crippen molar-refractivity contribution in [2.45, 2.75) is 38.6 Å². The molecule has 0 spiro atoms. The van der Waals surface area contributed by atoms with E-state index in [2.05, 4.69) is 16.8 Å². The molecule has 4 heteroatoms. The number of nitrogens with one attached hydrogen (secondary N) is 1. The van der Waals surface area contributed by atoms with Crippen molar-refractivity contribution in [3.63, 3.8) is 0 Å². The number of carbonyl (C=O) groups is 1. The summed E-state index contributed by atoms with van der Waals surface area (Å²) in [6.07, 6.45) is 2.11. The van der Waals surface area contributed by atoms with Gasteiger partial charge in [0.1, 0.15) is 5.54 Å². The molecule has 0 saturated carbocycles. The lowest BCUT2D eigenvalue weighted by Gasteiger charge is -2.28. The largest absolute Gasteiger partial charge is 0.480 e. The predicted octanol–water partition coefficient (Wildman–Crippen LogP) is 2.52. The third-order valence-corrected chi connectivity index (χ3v) is 3.81. The quantitative estimate of drug-likeness (QED) is 0.771. The molecule has 0 aliphatic carbocycles. The fraction of sp³-hybridized carbons (Fsp3) is 0.583. The Morgan fingerprint density at radius 1 is 1.50 bits per heavy atom. The van der Waals surface area contributed by atoms with Crippen LogP contribution in [0.5, 0.6) is 0 Å². The molecule has 1 aromatic rings. The van der Waals surface area contributed by atoms with Gasteiger partial charge in [-0.25, -0.2) is 0 Å². The molecule has 0 aromatic carbocycles. The first-order valence-electron chi connectivity index (χ1n) is 5.64. The van der Waals surface area contributed by atoms with Crippen LogP contribution in [-0.2, 0) is 11.2 Å². The first-order chi connectivity index (χ1) is 7.64. The average molecular weight is 241 g/mol. The zero-order chi connectivity index (χ0) is 12.0. The molecule has 2 N–H and O–H groups in total. The van der Waals surface area contributed by atoms with Crippen LogP contribution < -0.4 is 5.32 Å². The van der Waals surface area contributed by atoms with E-state index in [4.69, 9.17) is 0 Å². The first kappa shape index (κ1) is 13.2. The topological polar surface area (TPSA) is 49.3 Å². The van der Waals surface area contributed by atoms with E-state index in [0.29, 0.717) is 19.4 Å². The Hall–Kier alpha value is -0.870. The lowest BCUT2D eigenvalue weighted by Crippen LogP contribution is -2.51. The predicted molar refractivity (Wildman–Crippen MR) is 67.0 cm³/mol. The Bertz CT molecular complexity index is 318. The fourth-order valence-electron chi connectivity index (χ4n) is 1.76. The van der Waals surface area contributed by atoms with Crippen LogP contribution in [-0.4, -0.2) is 23.2 Å². The van der Waals surface area contributed by atoms with Gasteiger partial charge in [0.2, 0.25) is 0 Å². The summed E-state index contributed by atoms with van der Waals surface area (Å²) >= 11 is 1.67. The molecule has 1 heterocycles. The number of thiophene rings is 1. The van der Waals surface area contributed by atoms with E-state index in [9.17, 15) is 9.90 Å². The van der Waals surface area contributed by atoms with Crippen molar-refractivity contribution >= 4 is 17.3 Å². The highest BCUT2D eigenvalue weighted by atomic mass is 32.1. The van der Waals surface area contributed by atoms with Crippen LogP contribution in [0.3, 0.4) is 0 Å².